The monoisotopic (exact) mass is 258 g/mol. The first-order valence-electron chi connectivity index (χ1n) is 7.88. The number of rotatable bonds is 4. The van der Waals surface area contributed by atoms with Crippen molar-refractivity contribution in [2.45, 2.75) is 57.9 Å². The van der Waals surface area contributed by atoms with Gasteiger partial charge >= 0.3 is 0 Å². The van der Waals surface area contributed by atoms with Crippen molar-refractivity contribution in [1.82, 2.24) is 10.3 Å². The highest BCUT2D eigenvalue weighted by atomic mass is 14.9. The molecule has 2 saturated carbocycles. The summed E-state index contributed by atoms with van der Waals surface area (Å²) in [5.74, 6) is 2.38. The molecule has 0 spiro atoms. The van der Waals surface area contributed by atoms with Crippen LogP contribution >= 0.6 is 0 Å². The van der Waals surface area contributed by atoms with Gasteiger partial charge in [-0.3, -0.25) is 4.98 Å². The SMILES string of the molecule is Cc1ccncc1C1CC(C)CCC1CNC1CC1. The minimum absolute atomic E-state index is 0.712. The van der Waals surface area contributed by atoms with Gasteiger partial charge in [0.2, 0.25) is 0 Å². The third-order valence-electron chi connectivity index (χ3n) is 4.98. The first-order valence-corrected chi connectivity index (χ1v) is 7.88. The van der Waals surface area contributed by atoms with Crippen LogP contribution in [0.1, 0.15) is 56.1 Å². The molecule has 0 radical (unpaired) electrons. The van der Waals surface area contributed by atoms with Gasteiger partial charge in [-0.15, -0.1) is 0 Å². The molecular formula is C17H26N2. The Morgan fingerprint density at radius 1 is 1.26 bits per heavy atom. The van der Waals surface area contributed by atoms with E-state index in [2.05, 4.69) is 36.4 Å². The second-order valence-corrected chi connectivity index (χ2v) is 6.70. The highest BCUT2D eigenvalue weighted by molar-refractivity contribution is 5.27. The lowest BCUT2D eigenvalue weighted by molar-refractivity contribution is 0.240. The van der Waals surface area contributed by atoms with E-state index in [0.29, 0.717) is 5.92 Å². The van der Waals surface area contributed by atoms with Crippen LogP contribution in [0.3, 0.4) is 0 Å². The van der Waals surface area contributed by atoms with Crippen molar-refractivity contribution in [3.63, 3.8) is 0 Å². The standard InChI is InChI=1S/C17H26N2/c1-12-3-4-14(10-19-15-5-6-15)16(9-12)17-11-18-8-7-13(17)2/h7-8,11-12,14-16,19H,3-6,9-10H2,1-2H3. The zero-order valence-electron chi connectivity index (χ0n) is 12.2. The molecule has 0 saturated heterocycles. The molecule has 0 amide bonds. The summed E-state index contributed by atoms with van der Waals surface area (Å²) >= 11 is 0. The molecule has 2 heteroatoms. The van der Waals surface area contributed by atoms with Crippen LogP contribution in [0.2, 0.25) is 0 Å². The molecule has 1 aromatic heterocycles. The smallest absolute Gasteiger partial charge is 0.0305 e. The molecule has 1 heterocycles. The van der Waals surface area contributed by atoms with Crippen molar-refractivity contribution >= 4 is 0 Å². The van der Waals surface area contributed by atoms with E-state index in [-0.39, 0.29) is 0 Å². The molecular weight excluding hydrogens is 232 g/mol. The summed E-state index contributed by atoms with van der Waals surface area (Å²) in [6, 6.07) is 3.00. The molecule has 3 atom stereocenters. The number of nitrogens with zero attached hydrogens (tertiary/aromatic N) is 1. The second-order valence-electron chi connectivity index (χ2n) is 6.70. The predicted molar refractivity (Wildman–Crippen MR) is 79.2 cm³/mol. The van der Waals surface area contributed by atoms with Crippen molar-refractivity contribution in [2.24, 2.45) is 11.8 Å². The van der Waals surface area contributed by atoms with Crippen LogP contribution in [0.4, 0.5) is 0 Å². The van der Waals surface area contributed by atoms with Crippen LogP contribution in [-0.4, -0.2) is 17.6 Å². The van der Waals surface area contributed by atoms with E-state index in [1.54, 1.807) is 0 Å². The summed E-state index contributed by atoms with van der Waals surface area (Å²) in [5, 5.41) is 3.74. The van der Waals surface area contributed by atoms with E-state index in [1.807, 2.05) is 6.20 Å². The molecule has 0 aromatic carbocycles. The van der Waals surface area contributed by atoms with Crippen LogP contribution in [0.25, 0.3) is 0 Å². The lowest BCUT2D eigenvalue weighted by Gasteiger charge is -2.36. The minimum atomic E-state index is 0.712. The Labute approximate surface area is 117 Å². The molecule has 2 aliphatic carbocycles. The molecule has 2 aliphatic rings. The number of aryl methyl sites for hydroxylation is 1. The topological polar surface area (TPSA) is 24.9 Å². The molecule has 104 valence electrons. The van der Waals surface area contributed by atoms with Gasteiger partial charge < -0.3 is 5.32 Å². The van der Waals surface area contributed by atoms with E-state index in [1.165, 1.54) is 49.8 Å². The van der Waals surface area contributed by atoms with E-state index in [0.717, 1.165) is 17.9 Å². The van der Waals surface area contributed by atoms with E-state index >= 15 is 0 Å². The largest absolute Gasteiger partial charge is 0.314 e. The van der Waals surface area contributed by atoms with Gasteiger partial charge in [0.15, 0.2) is 0 Å². The fraction of sp³-hybridized carbons (Fsp3) is 0.706. The van der Waals surface area contributed by atoms with E-state index in [9.17, 15) is 0 Å². The summed E-state index contributed by atoms with van der Waals surface area (Å²) in [6.07, 6.45) is 10.9. The van der Waals surface area contributed by atoms with Crippen molar-refractivity contribution in [3.8, 4) is 0 Å². The van der Waals surface area contributed by atoms with Gasteiger partial charge in [0.05, 0.1) is 0 Å². The van der Waals surface area contributed by atoms with E-state index in [4.69, 9.17) is 0 Å². The zero-order valence-corrected chi connectivity index (χ0v) is 12.2. The number of aromatic nitrogens is 1. The highest BCUT2D eigenvalue weighted by Gasteiger charge is 2.32. The Kier molecular flexibility index (Phi) is 3.88. The molecule has 2 nitrogen and oxygen atoms in total. The van der Waals surface area contributed by atoms with Gasteiger partial charge in [-0.05, 0) is 74.1 Å². The van der Waals surface area contributed by atoms with Gasteiger partial charge in [-0.25, -0.2) is 0 Å². The maximum Gasteiger partial charge on any atom is 0.0305 e. The number of hydrogen-bond acceptors (Lipinski definition) is 2. The third-order valence-corrected chi connectivity index (χ3v) is 4.98. The molecule has 2 fully saturated rings. The van der Waals surface area contributed by atoms with Crippen LogP contribution in [0.15, 0.2) is 18.5 Å². The average Bonchev–Trinajstić information content (AvgIpc) is 3.22. The zero-order chi connectivity index (χ0) is 13.2. The van der Waals surface area contributed by atoms with Crippen molar-refractivity contribution in [1.29, 1.82) is 0 Å². The fourth-order valence-electron chi connectivity index (χ4n) is 3.54. The summed E-state index contributed by atoms with van der Waals surface area (Å²) in [5.41, 5.74) is 2.92. The maximum atomic E-state index is 4.37. The summed E-state index contributed by atoms with van der Waals surface area (Å²) in [7, 11) is 0. The molecule has 19 heavy (non-hydrogen) atoms. The van der Waals surface area contributed by atoms with Crippen LogP contribution in [0, 0.1) is 18.8 Å². The predicted octanol–water partition coefficient (Wildman–Crippen LogP) is 3.66. The van der Waals surface area contributed by atoms with Crippen molar-refractivity contribution in [2.75, 3.05) is 6.54 Å². The minimum Gasteiger partial charge on any atom is -0.314 e. The van der Waals surface area contributed by atoms with Gasteiger partial charge in [0.1, 0.15) is 0 Å². The highest BCUT2D eigenvalue weighted by Crippen LogP contribution is 2.41. The molecule has 0 bridgehead atoms. The Morgan fingerprint density at radius 3 is 2.84 bits per heavy atom. The Hall–Kier alpha value is -0.890. The number of hydrogen-bond donors (Lipinski definition) is 1. The molecule has 3 rings (SSSR count). The summed E-state index contributed by atoms with van der Waals surface area (Å²) in [4.78, 5) is 4.37. The van der Waals surface area contributed by atoms with Crippen LogP contribution < -0.4 is 5.32 Å². The fourth-order valence-corrected chi connectivity index (χ4v) is 3.54. The van der Waals surface area contributed by atoms with Gasteiger partial charge in [-0.1, -0.05) is 13.3 Å². The average molecular weight is 258 g/mol. The third kappa shape index (κ3) is 3.17. The lowest BCUT2D eigenvalue weighted by atomic mass is 9.71. The van der Waals surface area contributed by atoms with Crippen molar-refractivity contribution < 1.29 is 0 Å². The molecule has 1 N–H and O–H groups in total. The maximum absolute atomic E-state index is 4.37. The summed E-state index contributed by atoms with van der Waals surface area (Å²) in [6.45, 7) is 5.85. The van der Waals surface area contributed by atoms with Gasteiger partial charge in [0.25, 0.3) is 0 Å². The molecule has 3 unspecified atom stereocenters. The first kappa shape index (κ1) is 13.1. The lowest BCUT2D eigenvalue weighted by Crippen LogP contribution is -2.32. The summed E-state index contributed by atoms with van der Waals surface area (Å²) < 4.78 is 0. The molecule has 1 aromatic rings. The number of pyridine rings is 1. The van der Waals surface area contributed by atoms with Crippen LogP contribution in [-0.2, 0) is 0 Å². The quantitative estimate of drug-likeness (QED) is 0.891. The normalized spacial score (nSPS) is 31.4. The Morgan fingerprint density at radius 2 is 2.11 bits per heavy atom. The number of nitrogens with one attached hydrogen (secondary N) is 1. The van der Waals surface area contributed by atoms with Gasteiger partial charge in [0, 0.05) is 18.4 Å². The first-order chi connectivity index (χ1) is 9.24. The van der Waals surface area contributed by atoms with Gasteiger partial charge in [-0.2, -0.15) is 0 Å². The van der Waals surface area contributed by atoms with E-state index < -0.39 is 0 Å². The Bertz CT molecular complexity index is 425. The Balaban J connectivity index is 1.74. The van der Waals surface area contributed by atoms with Crippen LogP contribution in [0.5, 0.6) is 0 Å². The molecule has 0 aliphatic heterocycles. The van der Waals surface area contributed by atoms with Crippen molar-refractivity contribution in [3.05, 3.63) is 29.6 Å². The second kappa shape index (κ2) is 5.62.